The highest BCUT2D eigenvalue weighted by atomic mass is 19.4. The van der Waals surface area contributed by atoms with Gasteiger partial charge in [-0.1, -0.05) is 0 Å². The smallest absolute Gasteiger partial charge is 0.349 e. The minimum absolute atomic E-state index is 0.204. The summed E-state index contributed by atoms with van der Waals surface area (Å²) in [5.74, 6) is -0.309. The van der Waals surface area contributed by atoms with Crippen molar-refractivity contribution in [1.82, 2.24) is 5.32 Å². The van der Waals surface area contributed by atoms with Gasteiger partial charge in [0, 0.05) is 11.6 Å². The van der Waals surface area contributed by atoms with Gasteiger partial charge in [-0.3, -0.25) is 4.79 Å². The van der Waals surface area contributed by atoms with Crippen LogP contribution in [-0.4, -0.2) is 11.9 Å². The number of carbonyl (C=O) groups excluding carboxylic acids is 1. The number of benzene rings is 1. The molecule has 1 aromatic rings. The molecule has 5 heteroatoms. The number of nitrogens with one attached hydrogen (secondary N) is 1. The standard InChI is InChI=1S/C11H10F3NO/c12-11(13,14)8-3-1-7(2-4-8)10(16)15-9-5-6-9/h1-4,9H,5-6H2,(H,15,16). The van der Waals surface area contributed by atoms with Gasteiger partial charge < -0.3 is 5.32 Å². The van der Waals surface area contributed by atoms with Crippen molar-refractivity contribution in [1.29, 1.82) is 0 Å². The van der Waals surface area contributed by atoms with E-state index < -0.39 is 11.7 Å². The normalized spacial score (nSPS) is 15.9. The molecule has 1 amide bonds. The molecule has 16 heavy (non-hydrogen) atoms. The van der Waals surface area contributed by atoms with Crippen molar-refractivity contribution < 1.29 is 18.0 Å². The second-order valence-corrected chi connectivity index (χ2v) is 3.82. The van der Waals surface area contributed by atoms with E-state index in [1.807, 2.05) is 0 Å². The van der Waals surface area contributed by atoms with E-state index in [9.17, 15) is 18.0 Å². The van der Waals surface area contributed by atoms with Crippen molar-refractivity contribution in [2.45, 2.75) is 25.1 Å². The van der Waals surface area contributed by atoms with E-state index in [1.165, 1.54) is 12.1 Å². The molecule has 2 nitrogen and oxygen atoms in total. The Morgan fingerprint density at radius 2 is 1.75 bits per heavy atom. The topological polar surface area (TPSA) is 29.1 Å². The first kappa shape index (κ1) is 11.0. The van der Waals surface area contributed by atoms with E-state index in [0.29, 0.717) is 0 Å². The lowest BCUT2D eigenvalue weighted by molar-refractivity contribution is -0.137. The minimum Gasteiger partial charge on any atom is -0.349 e. The van der Waals surface area contributed by atoms with Crippen LogP contribution in [0.15, 0.2) is 24.3 Å². The van der Waals surface area contributed by atoms with Gasteiger partial charge in [0.1, 0.15) is 0 Å². The third-order valence-corrected chi connectivity index (χ3v) is 2.39. The van der Waals surface area contributed by atoms with E-state index >= 15 is 0 Å². The highest BCUT2D eigenvalue weighted by molar-refractivity contribution is 5.94. The van der Waals surface area contributed by atoms with E-state index in [4.69, 9.17) is 0 Å². The van der Waals surface area contributed by atoms with Crippen molar-refractivity contribution in [3.8, 4) is 0 Å². The predicted octanol–water partition coefficient (Wildman–Crippen LogP) is 2.60. The van der Waals surface area contributed by atoms with Gasteiger partial charge in [-0.25, -0.2) is 0 Å². The van der Waals surface area contributed by atoms with Crippen molar-refractivity contribution in [3.05, 3.63) is 35.4 Å². The van der Waals surface area contributed by atoms with Gasteiger partial charge in [0.05, 0.1) is 5.56 Å². The molecule has 1 saturated carbocycles. The maximum Gasteiger partial charge on any atom is 0.416 e. The Kier molecular flexibility index (Phi) is 2.61. The fourth-order valence-corrected chi connectivity index (χ4v) is 1.31. The van der Waals surface area contributed by atoms with Crippen LogP contribution in [0.2, 0.25) is 0 Å². The Bertz CT molecular complexity index is 393. The molecule has 0 spiro atoms. The van der Waals surface area contributed by atoms with Crippen LogP contribution in [0.4, 0.5) is 13.2 Å². The zero-order chi connectivity index (χ0) is 11.8. The van der Waals surface area contributed by atoms with Crippen LogP contribution < -0.4 is 5.32 Å². The molecule has 0 saturated heterocycles. The van der Waals surface area contributed by atoms with Gasteiger partial charge in [-0.15, -0.1) is 0 Å². The van der Waals surface area contributed by atoms with Crippen molar-refractivity contribution in [2.24, 2.45) is 0 Å². The number of alkyl halides is 3. The molecule has 0 unspecified atom stereocenters. The molecule has 0 radical (unpaired) electrons. The fourth-order valence-electron chi connectivity index (χ4n) is 1.31. The average molecular weight is 229 g/mol. The molecular formula is C11H10F3NO. The van der Waals surface area contributed by atoms with Gasteiger partial charge in [0.15, 0.2) is 0 Å². The summed E-state index contributed by atoms with van der Waals surface area (Å²) in [7, 11) is 0. The predicted molar refractivity (Wildman–Crippen MR) is 51.9 cm³/mol. The molecule has 0 aliphatic heterocycles. The summed E-state index contributed by atoms with van der Waals surface area (Å²) in [5, 5.41) is 2.71. The molecule has 1 aromatic carbocycles. The second kappa shape index (κ2) is 3.81. The second-order valence-electron chi connectivity index (χ2n) is 3.82. The molecule has 86 valence electrons. The summed E-state index contributed by atoms with van der Waals surface area (Å²) in [4.78, 5) is 11.5. The average Bonchev–Trinajstić information content (AvgIpc) is 3.00. The van der Waals surface area contributed by atoms with E-state index in [-0.39, 0.29) is 17.5 Å². The Hall–Kier alpha value is -1.52. The summed E-state index contributed by atoms with van der Waals surface area (Å²) < 4.78 is 36.7. The molecule has 1 fully saturated rings. The summed E-state index contributed by atoms with van der Waals surface area (Å²) in [6.07, 6.45) is -2.45. The summed E-state index contributed by atoms with van der Waals surface area (Å²) in [6, 6.07) is 4.43. The van der Waals surface area contributed by atoms with Gasteiger partial charge in [0.25, 0.3) is 5.91 Å². The number of halogens is 3. The quantitative estimate of drug-likeness (QED) is 0.829. The lowest BCUT2D eigenvalue weighted by atomic mass is 10.1. The Balaban J connectivity index is 2.09. The van der Waals surface area contributed by atoms with E-state index in [0.717, 1.165) is 25.0 Å². The molecule has 1 aliphatic rings. The number of hydrogen-bond acceptors (Lipinski definition) is 1. The zero-order valence-electron chi connectivity index (χ0n) is 8.34. The Morgan fingerprint density at radius 3 is 2.19 bits per heavy atom. The molecule has 0 heterocycles. The first-order chi connectivity index (χ1) is 7.47. The van der Waals surface area contributed by atoms with Gasteiger partial charge in [-0.2, -0.15) is 13.2 Å². The third-order valence-electron chi connectivity index (χ3n) is 2.39. The number of amides is 1. The van der Waals surface area contributed by atoms with Crippen LogP contribution >= 0.6 is 0 Å². The summed E-state index contributed by atoms with van der Waals surface area (Å²) in [6.45, 7) is 0. The number of hydrogen-bond donors (Lipinski definition) is 1. The van der Waals surface area contributed by atoms with E-state index in [2.05, 4.69) is 5.32 Å². The van der Waals surface area contributed by atoms with Crippen LogP contribution in [0.3, 0.4) is 0 Å². The first-order valence-corrected chi connectivity index (χ1v) is 4.95. The molecule has 1 N–H and O–H groups in total. The minimum atomic E-state index is -4.36. The SMILES string of the molecule is O=C(NC1CC1)c1ccc(C(F)(F)F)cc1. The Morgan fingerprint density at radius 1 is 1.19 bits per heavy atom. The summed E-state index contributed by atoms with van der Waals surface area (Å²) in [5.41, 5.74) is -0.477. The lowest BCUT2D eigenvalue weighted by Crippen LogP contribution is -2.25. The number of rotatable bonds is 2. The molecule has 0 aromatic heterocycles. The van der Waals surface area contributed by atoms with Crippen LogP contribution in [0.25, 0.3) is 0 Å². The maximum absolute atomic E-state index is 12.2. The molecule has 0 bridgehead atoms. The third kappa shape index (κ3) is 2.53. The molecular weight excluding hydrogens is 219 g/mol. The van der Waals surface area contributed by atoms with Gasteiger partial charge in [0.2, 0.25) is 0 Å². The number of carbonyl (C=O) groups is 1. The van der Waals surface area contributed by atoms with Crippen LogP contribution in [0, 0.1) is 0 Å². The first-order valence-electron chi connectivity index (χ1n) is 4.95. The Labute approximate surface area is 90.5 Å². The van der Waals surface area contributed by atoms with Crippen molar-refractivity contribution in [3.63, 3.8) is 0 Å². The van der Waals surface area contributed by atoms with Crippen LogP contribution in [0.5, 0.6) is 0 Å². The molecule has 0 atom stereocenters. The highest BCUT2D eigenvalue weighted by Crippen LogP contribution is 2.29. The van der Waals surface area contributed by atoms with Crippen molar-refractivity contribution >= 4 is 5.91 Å². The molecule has 2 rings (SSSR count). The zero-order valence-corrected chi connectivity index (χ0v) is 8.34. The van der Waals surface area contributed by atoms with Crippen molar-refractivity contribution in [2.75, 3.05) is 0 Å². The maximum atomic E-state index is 12.2. The largest absolute Gasteiger partial charge is 0.416 e. The molecule has 1 aliphatic carbocycles. The van der Waals surface area contributed by atoms with Gasteiger partial charge >= 0.3 is 6.18 Å². The van der Waals surface area contributed by atoms with Crippen LogP contribution in [-0.2, 0) is 6.18 Å². The highest BCUT2D eigenvalue weighted by Gasteiger charge is 2.30. The summed E-state index contributed by atoms with van der Waals surface area (Å²) >= 11 is 0. The fraction of sp³-hybridized carbons (Fsp3) is 0.364. The lowest BCUT2D eigenvalue weighted by Gasteiger charge is -2.07. The van der Waals surface area contributed by atoms with E-state index in [1.54, 1.807) is 0 Å². The van der Waals surface area contributed by atoms with Gasteiger partial charge in [-0.05, 0) is 37.1 Å². The van der Waals surface area contributed by atoms with Crippen LogP contribution in [0.1, 0.15) is 28.8 Å². The monoisotopic (exact) mass is 229 g/mol.